The lowest BCUT2D eigenvalue weighted by molar-refractivity contribution is -0.119. The first kappa shape index (κ1) is 14.9. The van der Waals surface area contributed by atoms with Crippen LogP contribution in [0.4, 0.5) is 0 Å². The number of nitrogens with zero attached hydrogens (tertiary/aromatic N) is 1. The van der Waals surface area contributed by atoms with E-state index in [0.29, 0.717) is 25.1 Å². The van der Waals surface area contributed by atoms with E-state index in [1.807, 2.05) is 47.4 Å². The number of carbonyl (C=O) groups excluding carboxylic acids is 2. The van der Waals surface area contributed by atoms with Gasteiger partial charge in [-0.2, -0.15) is 0 Å². The third kappa shape index (κ3) is 2.68. The molecule has 2 aliphatic heterocycles. The minimum atomic E-state index is -0.0449. The predicted molar refractivity (Wildman–Crippen MR) is 92.5 cm³/mol. The average Bonchev–Trinajstić information content (AvgIpc) is 3.21. The summed E-state index contributed by atoms with van der Waals surface area (Å²) in [5.41, 5.74) is 2.92. The zero-order valence-corrected chi connectivity index (χ0v) is 13.5. The summed E-state index contributed by atoms with van der Waals surface area (Å²) in [6, 6.07) is 17.9. The third-order valence-corrected chi connectivity index (χ3v) is 5.16. The molecule has 0 saturated carbocycles. The maximum Gasteiger partial charge on any atom is 0.253 e. The van der Waals surface area contributed by atoms with Crippen LogP contribution >= 0.6 is 0 Å². The van der Waals surface area contributed by atoms with Crippen LogP contribution in [-0.4, -0.2) is 36.3 Å². The highest BCUT2D eigenvalue weighted by atomic mass is 16.2. The summed E-state index contributed by atoms with van der Waals surface area (Å²) in [5.74, 6) is 0.169. The van der Waals surface area contributed by atoms with Crippen LogP contribution in [0.3, 0.4) is 0 Å². The molecule has 2 fully saturated rings. The molecule has 0 radical (unpaired) electrons. The van der Waals surface area contributed by atoms with E-state index in [1.54, 1.807) is 0 Å². The first-order chi connectivity index (χ1) is 11.7. The molecule has 2 aromatic carbocycles. The normalized spacial score (nSPS) is 22.8. The van der Waals surface area contributed by atoms with Gasteiger partial charge in [0.1, 0.15) is 0 Å². The fourth-order valence-corrected chi connectivity index (χ4v) is 3.77. The van der Waals surface area contributed by atoms with Crippen molar-refractivity contribution in [3.05, 3.63) is 60.2 Å². The van der Waals surface area contributed by atoms with Crippen LogP contribution < -0.4 is 5.32 Å². The topological polar surface area (TPSA) is 49.4 Å². The number of amides is 2. The van der Waals surface area contributed by atoms with E-state index in [4.69, 9.17) is 0 Å². The van der Waals surface area contributed by atoms with E-state index >= 15 is 0 Å². The number of hydrogen-bond acceptors (Lipinski definition) is 2. The second-order valence-corrected chi connectivity index (χ2v) is 6.87. The number of nitrogens with one attached hydrogen (secondary N) is 1. The van der Waals surface area contributed by atoms with Crippen molar-refractivity contribution >= 4 is 11.8 Å². The fourth-order valence-electron chi connectivity index (χ4n) is 3.77. The molecule has 4 nitrogen and oxygen atoms in total. The average molecular weight is 320 g/mol. The fraction of sp³-hybridized carbons (Fsp3) is 0.300. The summed E-state index contributed by atoms with van der Waals surface area (Å²) in [5, 5.41) is 2.90. The molecular formula is C20H20N2O2. The first-order valence-corrected chi connectivity index (χ1v) is 8.37. The maximum atomic E-state index is 12.7. The largest absolute Gasteiger partial charge is 0.355 e. The Hall–Kier alpha value is -2.62. The second-order valence-electron chi connectivity index (χ2n) is 6.87. The lowest BCUT2D eigenvalue weighted by atomic mass is 9.86. The molecular weight excluding hydrogens is 300 g/mol. The Morgan fingerprint density at radius 1 is 1.00 bits per heavy atom. The number of likely N-dealkylation sites (tertiary alicyclic amines) is 1. The highest BCUT2D eigenvalue weighted by Gasteiger charge is 2.45. The Balaban J connectivity index is 1.48. The number of rotatable bonds is 2. The Bertz CT molecular complexity index is 770. The molecule has 1 N–H and O–H groups in total. The van der Waals surface area contributed by atoms with Crippen molar-refractivity contribution in [3.8, 4) is 11.1 Å². The van der Waals surface area contributed by atoms with Crippen LogP contribution in [-0.2, 0) is 4.79 Å². The predicted octanol–water partition coefficient (Wildman–Crippen LogP) is 2.71. The number of benzene rings is 2. The van der Waals surface area contributed by atoms with Crippen LogP contribution in [0.2, 0.25) is 0 Å². The van der Waals surface area contributed by atoms with Gasteiger partial charge in [-0.05, 0) is 29.7 Å². The summed E-state index contributed by atoms with van der Waals surface area (Å²) in [7, 11) is 0. The molecule has 2 heterocycles. The van der Waals surface area contributed by atoms with Crippen LogP contribution in [0.5, 0.6) is 0 Å². The van der Waals surface area contributed by atoms with E-state index in [1.165, 1.54) is 0 Å². The van der Waals surface area contributed by atoms with Crippen LogP contribution in [0.25, 0.3) is 11.1 Å². The number of carbonyl (C=O) groups is 2. The van der Waals surface area contributed by atoms with Gasteiger partial charge in [-0.3, -0.25) is 9.59 Å². The molecule has 0 bridgehead atoms. The minimum Gasteiger partial charge on any atom is -0.355 e. The Kier molecular flexibility index (Phi) is 3.60. The van der Waals surface area contributed by atoms with E-state index in [2.05, 4.69) is 17.4 Å². The van der Waals surface area contributed by atoms with E-state index in [0.717, 1.165) is 24.1 Å². The summed E-state index contributed by atoms with van der Waals surface area (Å²) >= 11 is 0. The Labute approximate surface area is 141 Å². The Morgan fingerprint density at radius 2 is 1.71 bits per heavy atom. The van der Waals surface area contributed by atoms with Gasteiger partial charge < -0.3 is 10.2 Å². The lowest BCUT2D eigenvalue weighted by Crippen LogP contribution is -2.33. The molecule has 0 aromatic heterocycles. The quantitative estimate of drug-likeness (QED) is 0.925. The highest BCUT2D eigenvalue weighted by molar-refractivity contribution is 5.95. The van der Waals surface area contributed by atoms with Crippen molar-refractivity contribution in [1.29, 1.82) is 0 Å². The van der Waals surface area contributed by atoms with Crippen molar-refractivity contribution in [3.63, 3.8) is 0 Å². The van der Waals surface area contributed by atoms with E-state index < -0.39 is 0 Å². The molecule has 1 atom stereocenters. The SMILES string of the molecule is O=C1CC2(CCN(C(=O)c3ccc(-c4ccccc4)cc3)C2)CN1. The van der Waals surface area contributed by atoms with E-state index in [9.17, 15) is 9.59 Å². The van der Waals surface area contributed by atoms with Gasteiger partial charge in [-0.15, -0.1) is 0 Å². The lowest BCUT2D eigenvalue weighted by Gasteiger charge is -2.22. The second kappa shape index (κ2) is 5.78. The third-order valence-electron chi connectivity index (χ3n) is 5.16. The molecule has 0 aliphatic carbocycles. The maximum absolute atomic E-state index is 12.7. The molecule has 2 amide bonds. The zero-order valence-electron chi connectivity index (χ0n) is 13.5. The summed E-state index contributed by atoms with van der Waals surface area (Å²) in [6.07, 6.45) is 1.45. The molecule has 1 spiro atoms. The minimum absolute atomic E-state index is 0.0449. The monoisotopic (exact) mass is 320 g/mol. The van der Waals surface area contributed by atoms with Gasteiger partial charge in [0.05, 0.1) is 0 Å². The van der Waals surface area contributed by atoms with Crippen molar-refractivity contribution in [2.75, 3.05) is 19.6 Å². The van der Waals surface area contributed by atoms with Crippen LogP contribution in [0, 0.1) is 5.41 Å². The zero-order chi connectivity index (χ0) is 16.6. The van der Waals surface area contributed by atoms with Gasteiger partial charge in [0.25, 0.3) is 5.91 Å². The first-order valence-electron chi connectivity index (χ1n) is 8.37. The van der Waals surface area contributed by atoms with Crippen molar-refractivity contribution < 1.29 is 9.59 Å². The van der Waals surface area contributed by atoms with Crippen molar-refractivity contribution in [2.24, 2.45) is 5.41 Å². The summed E-state index contributed by atoms with van der Waals surface area (Å²) < 4.78 is 0. The molecule has 2 saturated heterocycles. The molecule has 24 heavy (non-hydrogen) atoms. The van der Waals surface area contributed by atoms with Crippen LogP contribution in [0.1, 0.15) is 23.2 Å². The van der Waals surface area contributed by atoms with Crippen molar-refractivity contribution in [1.82, 2.24) is 10.2 Å². The Morgan fingerprint density at radius 3 is 2.38 bits per heavy atom. The molecule has 122 valence electrons. The smallest absolute Gasteiger partial charge is 0.253 e. The van der Waals surface area contributed by atoms with Crippen molar-refractivity contribution in [2.45, 2.75) is 12.8 Å². The standard InChI is InChI=1S/C20H20N2O2/c23-18-12-20(13-21-18)10-11-22(14-20)19(24)17-8-6-16(7-9-17)15-4-2-1-3-5-15/h1-9H,10-14H2,(H,21,23). The molecule has 2 aromatic rings. The van der Waals surface area contributed by atoms with Gasteiger partial charge in [-0.25, -0.2) is 0 Å². The highest BCUT2D eigenvalue weighted by Crippen LogP contribution is 2.37. The van der Waals surface area contributed by atoms with Gasteiger partial charge in [0.2, 0.25) is 5.91 Å². The van der Waals surface area contributed by atoms with Gasteiger partial charge in [0.15, 0.2) is 0 Å². The molecule has 4 rings (SSSR count). The molecule has 1 unspecified atom stereocenters. The molecule has 2 aliphatic rings. The molecule has 4 heteroatoms. The van der Waals surface area contributed by atoms with Gasteiger partial charge in [0, 0.05) is 37.0 Å². The van der Waals surface area contributed by atoms with E-state index in [-0.39, 0.29) is 17.2 Å². The van der Waals surface area contributed by atoms with Gasteiger partial charge in [-0.1, -0.05) is 42.5 Å². The number of hydrogen-bond donors (Lipinski definition) is 1. The van der Waals surface area contributed by atoms with Gasteiger partial charge >= 0.3 is 0 Å². The summed E-state index contributed by atoms with van der Waals surface area (Å²) in [6.45, 7) is 2.10. The summed E-state index contributed by atoms with van der Waals surface area (Å²) in [4.78, 5) is 26.1. The van der Waals surface area contributed by atoms with Crippen LogP contribution in [0.15, 0.2) is 54.6 Å².